The molecule has 156 valence electrons. The highest BCUT2D eigenvalue weighted by atomic mass is 35.5. The van der Waals surface area contributed by atoms with E-state index in [1.807, 2.05) is 30.3 Å². The molecular formula is C23H17Cl3N3O2+. The minimum atomic E-state index is -0.826. The minimum absolute atomic E-state index is 0.336. The Hall–Kier alpha value is -2.86. The molecule has 4 rings (SSSR count). The highest BCUT2D eigenvalue weighted by molar-refractivity contribution is 6.36. The third-order valence-electron chi connectivity index (χ3n) is 4.91. The summed E-state index contributed by atoms with van der Waals surface area (Å²) >= 11 is 18.2. The molecule has 1 heterocycles. The summed E-state index contributed by atoms with van der Waals surface area (Å²) in [5.74, 6) is -0.707. The fraction of sp³-hybridized carbons (Fsp3) is 0.0870. The Labute approximate surface area is 194 Å². The minimum Gasteiger partial charge on any atom is -0.334 e. The quantitative estimate of drug-likeness (QED) is 0.541. The average molecular weight is 474 g/mol. The summed E-state index contributed by atoms with van der Waals surface area (Å²) in [6, 6.07) is 19.7. The zero-order chi connectivity index (χ0) is 22.0. The van der Waals surface area contributed by atoms with Gasteiger partial charge in [0.15, 0.2) is 6.04 Å². The number of nitrogens with one attached hydrogen (secondary N) is 2. The van der Waals surface area contributed by atoms with Gasteiger partial charge in [-0.2, -0.15) is 0 Å². The zero-order valence-electron chi connectivity index (χ0n) is 16.1. The van der Waals surface area contributed by atoms with Crippen LogP contribution >= 0.6 is 34.8 Å². The molecule has 8 heteroatoms. The highest BCUT2D eigenvalue weighted by Gasteiger charge is 2.47. The van der Waals surface area contributed by atoms with Crippen molar-refractivity contribution < 1.29 is 14.3 Å². The number of nitrogens with zero attached hydrogens (tertiary/aromatic N) is 1. The lowest BCUT2D eigenvalue weighted by Crippen LogP contribution is -2.42. The van der Waals surface area contributed by atoms with Crippen LogP contribution in [0, 0.1) is 0 Å². The Morgan fingerprint density at radius 3 is 2.29 bits per heavy atom. The molecule has 31 heavy (non-hydrogen) atoms. The molecule has 0 aliphatic carbocycles. The van der Waals surface area contributed by atoms with Crippen molar-refractivity contribution in [2.45, 2.75) is 12.1 Å². The normalized spacial score (nSPS) is 19.3. The standard InChI is InChI=1S/C23H16Cl3N3O2/c24-17-9-6-15(7-10-17)22(30)27-20-21(14-4-2-1-3-5-14)29(28-23(20)31)13-16-8-11-18(25)12-19(16)26/h1-13,20-21H,(H-,27,28,30,31)/p+1/b29-13-/t20-,21-/m1/s1. The van der Waals surface area contributed by atoms with Gasteiger partial charge in [0, 0.05) is 21.2 Å². The summed E-state index contributed by atoms with van der Waals surface area (Å²) in [7, 11) is 0. The molecule has 3 aromatic carbocycles. The molecule has 5 nitrogen and oxygen atoms in total. The molecule has 1 aliphatic heterocycles. The number of hydrazone groups is 1. The largest absolute Gasteiger partial charge is 0.334 e. The first-order valence-electron chi connectivity index (χ1n) is 9.42. The van der Waals surface area contributed by atoms with Crippen LogP contribution in [-0.2, 0) is 4.79 Å². The number of hydrazine groups is 1. The van der Waals surface area contributed by atoms with Gasteiger partial charge in [-0.25, -0.2) is 0 Å². The molecule has 1 fully saturated rings. The molecule has 0 spiro atoms. The van der Waals surface area contributed by atoms with Crippen molar-refractivity contribution in [1.29, 1.82) is 0 Å². The van der Waals surface area contributed by atoms with Crippen molar-refractivity contribution in [2.24, 2.45) is 0 Å². The molecule has 2 N–H and O–H groups in total. The van der Waals surface area contributed by atoms with Gasteiger partial charge >= 0.3 is 5.91 Å². The second-order valence-corrected chi connectivity index (χ2v) is 8.27. The van der Waals surface area contributed by atoms with Crippen LogP contribution in [0.25, 0.3) is 0 Å². The summed E-state index contributed by atoms with van der Waals surface area (Å²) < 4.78 is 1.65. The predicted molar refractivity (Wildman–Crippen MR) is 122 cm³/mol. The van der Waals surface area contributed by atoms with E-state index in [0.29, 0.717) is 26.2 Å². The molecule has 0 bridgehead atoms. The van der Waals surface area contributed by atoms with Crippen LogP contribution in [0.1, 0.15) is 27.5 Å². The third kappa shape index (κ3) is 4.74. The van der Waals surface area contributed by atoms with Gasteiger partial charge < -0.3 is 5.32 Å². The third-order valence-corrected chi connectivity index (χ3v) is 5.73. The number of rotatable bonds is 4. The number of carbonyl (C=O) groups excluding carboxylic acids is 2. The van der Waals surface area contributed by atoms with Gasteiger partial charge in [-0.3, -0.25) is 9.59 Å². The van der Waals surface area contributed by atoms with Gasteiger partial charge in [0.1, 0.15) is 0 Å². The van der Waals surface area contributed by atoms with Crippen molar-refractivity contribution in [1.82, 2.24) is 10.7 Å². The Kier molecular flexibility index (Phi) is 6.28. The summed E-state index contributed by atoms with van der Waals surface area (Å²) in [4.78, 5) is 25.6. The smallest absolute Gasteiger partial charge is 0.304 e. The van der Waals surface area contributed by atoms with E-state index in [1.54, 1.807) is 53.4 Å². The first kappa shape index (κ1) is 21.4. The summed E-state index contributed by atoms with van der Waals surface area (Å²) in [6.07, 6.45) is 1.72. The number of carbonyl (C=O) groups is 2. The average Bonchev–Trinajstić information content (AvgIpc) is 3.06. The van der Waals surface area contributed by atoms with Crippen LogP contribution in [-0.4, -0.2) is 28.8 Å². The van der Waals surface area contributed by atoms with Crippen LogP contribution in [0.3, 0.4) is 0 Å². The molecule has 2 amide bonds. The summed E-state index contributed by atoms with van der Waals surface area (Å²) in [5.41, 5.74) is 4.76. The van der Waals surface area contributed by atoms with Crippen molar-refractivity contribution in [3.05, 3.63) is 105 Å². The number of halogens is 3. The Balaban J connectivity index is 1.70. The second kappa shape index (κ2) is 9.10. The molecule has 3 aromatic rings. The first-order valence-corrected chi connectivity index (χ1v) is 10.6. The zero-order valence-corrected chi connectivity index (χ0v) is 18.3. The van der Waals surface area contributed by atoms with E-state index in [4.69, 9.17) is 34.8 Å². The topological polar surface area (TPSA) is 61.2 Å². The maximum atomic E-state index is 12.9. The molecule has 0 unspecified atom stereocenters. The van der Waals surface area contributed by atoms with E-state index in [-0.39, 0.29) is 11.8 Å². The molecule has 2 atom stereocenters. The van der Waals surface area contributed by atoms with Gasteiger partial charge in [-0.15, -0.1) is 10.1 Å². The predicted octanol–water partition coefficient (Wildman–Crippen LogP) is 4.66. The van der Waals surface area contributed by atoms with Crippen LogP contribution in [0.4, 0.5) is 0 Å². The van der Waals surface area contributed by atoms with E-state index < -0.39 is 12.1 Å². The Bertz CT molecular complexity index is 1160. The fourth-order valence-corrected chi connectivity index (χ4v) is 4.00. The maximum absolute atomic E-state index is 12.9. The monoisotopic (exact) mass is 472 g/mol. The van der Waals surface area contributed by atoms with Crippen molar-refractivity contribution in [3.63, 3.8) is 0 Å². The van der Waals surface area contributed by atoms with Gasteiger partial charge in [0.2, 0.25) is 12.3 Å². The summed E-state index contributed by atoms with van der Waals surface area (Å²) in [6.45, 7) is 0. The Morgan fingerprint density at radius 1 is 0.935 bits per heavy atom. The lowest BCUT2D eigenvalue weighted by Gasteiger charge is -2.14. The SMILES string of the molecule is O=C(N[C@H]1C(=O)N/[N+](=C\c2ccc(Cl)cc2Cl)[C@@H]1c1ccccc1)c1ccc(Cl)cc1. The van der Waals surface area contributed by atoms with Gasteiger partial charge in [0.25, 0.3) is 5.91 Å². The number of benzene rings is 3. The van der Waals surface area contributed by atoms with Crippen LogP contribution in [0.5, 0.6) is 0 Å². The number of amides is 2. The van der Waals surface area contributed by atoms with Gasteiger partial charge in [0.05, 0.1) is 10.6 Å². The van der Waals surface area contributed by atoms with Crippen molar-refractivity contribution in [2.75, 3.05) is 0 Å². The Morgan fingerprint density at radius 2 is 1.61 bits per heavy atom. The number of hydrogen-bond donors (Lipinski definition) is 2. The molecule has 0 saturated carbocycles. The lowest BCUT2D eigenvalue weighted by atomic mass is 10.00. The summed E-state index contributed by atoms with van der Waals surface area (Å²) in [5, 5.41) is 4.33. The number of hydrogen-bond acceptors (Lipinski definition) is 2. The molecule has 1 saturated heterocycles. The van der Waals surface area contributed by atoms with E-state index in [2.05, 4.69) is 10.7 Å². The fourth-order valence-electron chi connectivity index (χ4n) is 3.41. The van der Waals surface area contributed by atoms with Crippen molar-refractivity contribution >= 4 is 52.8 Å². The molecule has 0 aromatic heterocycles. The van der Waals surface area contributed by atoms with Gasteiger partial charge in [-0.05, 0) is 42.5 Å². The second-order valence-electron chi connectivity index (χ2n) is 6.99. The van der Waals surface area contributed by atoms with E-state index in [1.165, 1.54) is 0 Å². The van der Waals surface area contributed by atoms with Crippen LogP contribution in [0.15, 0.2) is 72.8 Å². The first-order chi connectivity index (χ1) is 14.9. The lowest BCUT2D eigenvalue weighted by molar-refractivity contribution is -0.596. The molecule has 0 radical (unpaired) electrons. The highest BCUT2D eigenvalue weighted by Crippen LogP contribution is 2.27. The van der Waals surface area contributed by atoms with E-state index >= 15 is 0 Å². The van der Waals surface area contributed by atoms with Crippen LogP contribution in [0.2, 0.25) is 15.1 Å². The van der Waals surface area contributed by atoms with Gasteiger partial charge in [-0.1, -0.05) is 65.1 Å². The van der Waals surface area contributed by atoms with E-state index in [9.17, 15) is 9.59 Å². The van der Waals surface area contributed by atoms with Crippen molar-refractivity contribution in [3.8, 4) is 0 Å². The van der Waals surface area contributed by atoms with E-state index in [0.717, 1.165) is 5.56 Å². The molecule has 1 aliphatic rings. The maximum Gasteiger partial charge on any atom is 0.304 e. The molecular weight excluding hydrogens is 457 g/mol. The van der Waals surface area contributed by atoms with Crippen LogP contribution < -0.4 is 10.7 Å².